The van der Waals surface area contributed by atoms with Gasteiger partial charge in [-0.15, -0.1) is 0 Å². The molecule has 1 atom stereocenters. The summed E-state index contributed by atoms with van der Waals surface area (Å²) in [6.45, 7) is 7.73. The first-order chi connectivity index (χ1) is 21.3. The van der Waals surface area contributed by atoms with Crippen molar-refractivity contribution in [3.8, 4) is 17.2 Å². The third kappa shape index (κ3) is 5.85. The molecule has 0 saturated heterocycles. The Bertz CT molecular complexity index is 1890. The maximum atomic E-state index is 14.2. The van der Waals surface area contributed by atoms with Crippen molar-refractivity contribution in [2.45, 2.75) is 26.8 Å². The lowest BCUT2D eigenvalue weighted by Crippen LogP contribution is -2.40. The Balaban J connectivity index is 1.69. The third-order valence-corrected chi connectivity index (χ3v) is 8.65. The number of hydrogen-bond acceptors (Lipinski definition) is 8. The maximum Gasteiger partial charge on any atom is 0.271 e. The zero-order valence-corrected chi connectivity index (χ0v) is 26.5. The maximum absolute atomic E-state index is 14.2. The number of methoxy groups -OCH3 is 3. The molecule has 9 nitrogen and oxygen atoms in total. The summed E-state index contributed by atoms with van der Waals surface area (Å²) in [7, 11) is 4.75. The second kappa shape index (κ2) is 13.2. The number of hydrogen-bond donors (Lipinski definition) is 1. The summed E-state index contributed by atoms with van der Waals surface area (Å²) in [5.74, 6) is 1.38. The van der Waals surface area contributed by atoms with Crippen molar-refractivity contribution in [1.29, 1.82) is 0 Å². The number of para-hydroxylation sites is 1. The number of thiazole rings is 1. The van der Waals surface area contributed by atoms with Crippen LogP contribution in [0.4, 0.5) is 11.4 Å². The van der Waals surface area contributed by atoms with Gasteiger partial charge in [0.05, 0.1) is 37.1 Å². The van der Waals surface area contributed by atoms with Gasteiger partial charge in [0.25, 0.3) is 11.5 Å². The number of rotatable bonds is 10. The quantitative estimate of drug-likeness (QED) is 0.278. The van der Waals surface area contributed by atoms with Crippen molar-refractivity contribution in [2.24, 2.45) is 4.99 Å². The summed E-state index contributed by atoms with van der Waals surface area (Å²) in [6.07, 6.45) is 1.82. The van der Waals surface area contributed by atoms with Crippen molar-refractivity contribution in [3.05, 3.63) is 109 Å². The van der Waals surface area contributed by atoms with E-state index in [2.05, 4.69) is 24.1 Å². The van der Waals surface area contributed by atoms with Crippen LogP contribution in [0.3, 0.4) is 0 Å². The predicted molar refractivity (Wildman–Crippen MR) is 175 cm³/mol. The van der Waals surface area contributed by atoms with Crippen LogP contribution in [0.1, 0.15) is 37.9 Å². The van der Waals surface area contributed by atoms with Crippen molar-refractivity contribution in [3.63, 3.8) is 0 Å². The molecule has 0 fully saturated rings. The van der Waals surface area contributed by atoms with Gasteiger partial charge in [-0.1, -0.05) is 29.5 Å². The molecule has 44 heavy (non-hydrogen) atoms. The van der Waals surface area contributed by atoms with Crippen LogP contribution in [-0.2, 0) is 4.79 Å². The Morgan fingerprint density at radius 2 is 1.70 bits per heavy atom. The van der Waals surface area contributed by atoms with Gasteiger partial charge in [-0.25, -0.2) is 4.99 Å². The Hall–Kier alpha value is -4.83. The standard InChI is InChI=1S/C34H36N4O5S/c1-7-37(8-2)24-15-14-22(27(19-24)42-5)18-29-33(40)38-31(26-17-16-25(41-4)20-28(26)43-6)30(21(3)35-34(38)44-29)32(39)36-23-12-10-9-11-13-23/h9-20,31H,7-8H2,1-6H3,(H,36,39)/b29-18-/t31-/m1/s1. The monoisotopic (exact) mass is 612 g/mol. The van der Waals surface area contributed by atoms with Gasteiger partial charge < -0.3 is 24.4 Å². The van der Waals surface area contributed by atoms with E-state index in [1.807, 2.05) is 60.7 Å². The zero-order chi connectivity index (χ0) is 31.4. The summed E-state index contributed by atoms with van der Waals surface area (Å²) in [4.78, 5) is 35.6. The number of nitrogens with zero attached hydrogens (tertiary/aromatic N) is 3. The molecule has 3 aromatic carbocycles. The fraction of sp³-hybridized carbons (Fsp3) is 0.265. The molecule has 1 aromatic heterocycles. The van der Waals surface area contributed by atoms with Crippen LogP contribution in [-0.4, -0.2) is 44.9 Å². The molecule has 5 rings (SSSR count). The molecule has 0 radical (unpaired) electrons. The van der Waals surface area contributed by atoms with Gasteiger partial charge in [-0.2, -0.15) is 0 Å². The number of allylic oxidation sites excluding steroid dienone is 1. The number of aromatic nitrogens is 1. The molecule has 0 spiro atoms. The normalized spacial score (nSPS) is 14.5. The minimum Gasteiger partial charge on any atom is -0.497 e. The molecular weight excluding hydrogens is 576 g/mol. The number of carbonyl (C=O) groups is 1. The average molecular weight is 613 g/mol. The van der Waals surface area contributed by atoms with Crippen LogP contribution >= 0.6 is 11.3 Å². The molecule has 1 amide bonds. The first-order valence-electron chi connectivity index (χ1n) is 14.4. The SMILES string of the molecule is CCN(CC)c1ccc(/C=c2\sc3n(c2=O)[C@H](c2ccc(OC)cc2OC)C(C(=O)Nc2ccccc2)=C(C)N=3)c(OC)c1. The van der Waals surface area contributed by atoms with Gasteiger partial charge in [-0.05, 0) is 63.2 Å². The lowest BCUT2D eigenvalue weighted by atomic mass is 9.94. The molecule has 1 aliphatic heterocycles. The van der Waals surface area contributed by atoms with E-state index >= 15 is 0 Å². The molecule has 0 saturated carbocycles. The third-order valence-electron chi connectivity index (χ3n) is 7.67. The minimum absolute atomic E-state index is 0.274. The van der Waals surface area contributed by atoms with Gasteiger partial charge in [-0.3, -0.25) is 14.2 Å². The summed E-state index contributed by atoms with van der Waals surface area (Å²) >= 11 is 1.27. The fourth-order valence-electron chi connectivity index (χ4n) is 5.42. The van der Waals surface area contributed by atoms with Crippen LogP contribution < -0.4 is 39.3 Å². The highest BCUT2D eigenvalue weighted by atomic mass is 32.1. The van der Waals surface area contributed by atoms with Gasteiger partial charge in [0.1, 0.15) is 23.3 Å². The van der Waals surface area contributed by atoms with E-state index in [0.29, 0.717) is 49.1 Å². The molecule has 0 aliphatic carbocycles. The Labute approximate surface area is 260 Å². The Morgan fingerprint density at radius 3 is 2.36 bits per heavy atom. The lowest BCUT2D eigenvalue weighted by Gasteiger charge is -2.26. The highest BCUT2D eigenvalue weighted by Crippen LogP contribution is 2.37. The average Bonchev–Trinajstić information content (AvgIpc) is 3.35. The largest absolute Gasteiger partial charge is 0.497 e. The van der Waals surface area contributed by atoms with E-state index in [1.165, 1.54) is 11.3 Å². The smallest absolute Gasteiger partial charge is 0.271 e. The van der Waals surface area contributed by atoms with Gasteiger partial charge in [0.15, 0.2) is 4.80 Å². The topological polar surface area (TPSA) is 94.4 Å². The van der Waals surface area contributed by atoms with Crippen molar-refractivity contribution < 1.29 is 19.0 Å². The van der Waals surface area contributed by atoms with Gasteiger partial charge in [0.2, 0.25) is 0 Å². The highest BCUT2D eigenvalue weighted by molar-refractivity contribution is 7.07. The number of benzene rings is 3. The van der Waals surface area contributed by atoms with Crippen molar-refractivity contribution >= 4 is 34.7 Å². The molecule has 0 unspecified atom stereocenters. The van der Waals surface area contributed by atoms with Crippen LogP contribution in [0.2, 0.25) is 0 Å². The van der Waals surface area contributed by atoms with E-state index in [1.54, 1.807) is 45.0 Å². The molecule has 4 aromatic rings. The summed E-state index contributed by atoms with van der Waals surface area (Å²) in [5, 5.41) is 2.98. The molecule has 1 N–H and O–H groups in total. The summed E-state index contributed by atoms with van der Waals surface area (Å²) in [5.41, 5.74) is 3.66. The number of fused-ring (bicyclic) bond motifs is 1. The number of amides is 1. The van der Waals surface area contributed by atoms with E-state index in [-0.39, 0.29) is 11.5 Å². The van der Waals surface area contributed by atoms with Crippen LogP contribution in [0, 0.1) is 0 Å². The first-order valence-corrected chi connectivity index (χ1v) is 15.2. The van der Waals surface area contributed by atoms with Gasteiger partial charge in [0, 0.05) is 47.7 Å². The molecule has 0 bridgehead atoms. The van der Waals surface area contributed by atoms with Crippen molar-refractivity contribution in [1.82, 2.24) is 4.57 Å². The predicted octanol–water partition coefficient (Wildman–Crippen LogP) is 4.75. The molecule has 10 heteroatoms. The van der Waals surface area contributed by atoms with Gasteiger partial charge >= 0.3 is 0 Å². The van der Waals surface area contributed by atoms with E-state index < -0.39 is 6.04 Å². The van der Waals surface area contributed by atoms with Crippen LogP contribution in [0.15, 0.2) is 87.8 Å². The second-order valence-corrected chi connectivity index (χ2v) is 11.1. The Kier molecular flexibility index (Phi) is 9.20. The van der Waals surface area contributed by atoms with E-state index in [0.717, 1.165) is 24.3 Å². The number of carbonyl (C=O) groups excluding carboxylic acids is 1. The van der Waals surface area contributed by atoms with Crippen LogP contribution in [0.5, 0.6) is 17.2 Å². The molecular formula is C34H36N4O5S. The van der Waals surface area contributed by atoms with E-state index in [9.17, 15) is 9.59 Å². The zero-order valence-electron chi connectivity index (χ0n) is 25.7. The molecule has 228 valence electrons. The Morgan fingerprint density at radius 1 is 0.977 bits per heavy atom. The number of nitrogens with one attached hydrogen (secondary N) is 1. The number of anilines is 2. The minimum atomic E-state index is -0.801. The first kappa shape index (κ1) is 30.6. The molecule has 2 heterocycles. The summed E-state index contributed by atoms with van der Waals surface area (Å²) < 4.78 is 18.9. The van der Waals surface area contributed by atoms with Crippen LogP contribution in [0.25, 0.3) is 6.08 Å². The number of ether oxygens (including phenoxy) is 3. The van der Waals surface area contributed by atoms with E-state index in [4.69, 9.17) is 19.2 Å². The molecule has 1 aliphatic rings. The second-order valence-electron chi connectivity index (χ2n) is 10.1. The van der Waals surface area contributed by atoms with Crippen molar-refractivity contribution in [2.75, 3.05) is 44.6 Å². The summed E-state index contributed by atoms with van der Waals surface area (Å²) in [6, 6.07) is 19.7. The lowest BCUT2D eigenvalue weighted by molar-refractivity contribution is -0.113. The fourth-order valence-corrected chi connectivity index (χ4v) is 6.45. The highest BCUT2D eigenvalue weighted by Gasteiger charge is 2.34.